The van der Waals surface area contributed by atoms with Crippen LogP contribution in [0.4, 0.5) is 0 Å². The Kier molecular flexibility index (Phi) is 6.86. The number of halogens is 2. The number of nitrogens with zero attached hydrogens (tertiary/aromatic N) is 3. The van der Waals surface area contributed by atoms with E-state index in [-0.39, 0.29) is 0 Å². The summed E-state index contributed by atoms with van der Waals surface area (Å²) in [6.07, 6.45) is 0. The fourth-order valence-electron chi connectivity index (χ4n) is 3.00. The first-order valence-corrected chi connectivity index (χ1v) is 11.5. The zero-order valence-corrected chi connectivity index (χ0v) is 19.5. The van der Waals surface area contributed by atoms with E-state index in [0.29, 0.717) is 22.4 Å². The molecule has 0 aliphatic rings. The molecule has 0 unspecified atom stereocenters. The molecule has 3 aromatic carbocycles. The van der Waals surface area contributed by atoms with Crippen molar-refractivity contribution in [3.8, 4) is 11.4 Å². The molecule has 0 aliphatic carbocycles. The lowest BCUT2D eigenvalue weighted by Crippen LogP contribution is -2.06. The molecular weight excluding hydrogens is 449 g/mol. The first-order chi connectivity index (χ1) is 15.0. The van der Waals surface area contributed by atoms with Gasteiger partial charge in [0.1, 0.15) is 12.4 Å². The van der Waals surface area contributed by atoms with Gasteiger partial charge in [0.2, 0.25) is 0 Å². The van der Waals surface area contributed by atoms with Crippen LogP contribution in [0.25, 0.3) is 5.69 Å². The second-order valence-electron chi connectivity index (χ2n) is 7.20. The van der Waals surface area contributed by atoms with Crippen molar-refractivity contribution in [3.63, 3.8) is 0 Å². The topological polar surface area (TPSA) is 39.9 Å². The van der Waals surface area contributed by atoms with Crippen LogP contribution in [0.15, 0.2) is 71.9 Å². The Balaban J connectivity index is 1.59. The van der Waals surface area contributed by atoms with Gasteiger partial charge in [0.15, 0.2) is 11.0 Å². The molecular formula is C24H21Cl2N3OS. The fraction of sp³-hybridized carbons (Fsp3) is 0.167. The summed E-state index contributed by atoms with van der Waals surface area (Å²) < 4.78 is 8.00. The zero-order valence-electron chi connectivity index (χ0n) is 17.2. The number of ether oxygens (including phenoxy) is 1. The monoisotopic (exact) mass is 469 g/mol. The van der Waals surface area contributed by atoms with Crippen LogP contribution in [0.1, 0.15) is 22.5 Å². The summed E-state index contributed by atoms with van der Waals surface area (Å²) >= 11 is 13.9. The van der Waals surface area contributed by atoms with Crippen LogP contribution >= 0.6 is 35.0 Å². The van der Waals surface area contributed by atoms with Crippen molar-refractivity contribution in [2.75, 3.05) is 0 Å². The number of benzene rings is 3. The van der Waals surface area contributed by atoms with E-state index in [1.165, 1.54) is 11.1 Å². The average Bonchev–Trinajstić information content (AvgIpc) is 3.16. The van der Waals surface area contributed by atoms with Gasteiger partial charge >= 0.3 is 0 Å². The maximum atomic E-state index is 6.34. The summed E-state index contributed by atoms with van der Waals surface area (Å²) in [5, 5.41) is 10.9. The summed E-state index contributed by atoms with van der Waals surface area (Å²) in [6.45, 7) is 4.43. The molecule has 0 N–H and O–H groups in total. The molecule has 4 rings (SSSR count). The summed E-state index contributed by atoms with van der Waals surface area (Å²) in [5.74, 6) is 2.18. The Bertz CT molecular complexity index is 1170. The smallest absolute Gasteiger partial charge is 0.196 e. The van der Waals surface area contributed by atoms with Gasteiger partial charge in [0.25, 0.3) is 0 Å². The lowest BCUT2D eigenvalue weighted by molar-refractivity contribution is 0.292. The molecule has 4 nitrogen and oxygen atoms in total. The predicted molar refractivity (Wildman–Crippen MR) is 128 cm³/mol. The summed E-state index contributed by atoms with van der Waals surface area (Å²) in [6, 6.07) is 21.8. The van der Waals surface area contributed by atoms with E-state index in [9.17, 15) is 0 Å². The Morgan fingerprint density at radius 1 is 0.871 bits per heavy atom. The second-order valence-corrected chi connectivity index (χ2v) is 8.98. The van der Waals surface area contributed by atoms with Crippen LogP contribution in [0.2, 0.25) is 10.0 Å². The van der Waals surface area contributed by atoms with Crippen LogP contribution in [0.3, 0.4) is 0 Å². The first-order valence-electron chi connectivity index (χ1n) is 9.77. The van der Waals surface area contributed by atoms with E-state index in [0.717, 1.165) is 28.0 Å². The van der Waals surface area contributed by atoms with Crippen LogP contribution in [-0.4, -0.2) is 14.8 Å². The maximum Gasteiger partial charge on any atom is 0.196 e. The molecule has 0 radical (unpaired) electrons. The lowest BCUT2D eigenvalue weighted by atomic mass is 10.2. The van der Waals surface area contributed by atoms with E-state index in [4.69, 9.17) is 27.9 Å². The van der Waals surface area contributed by atoms with Crippen LogP contribution in [0, 0.1) is 13.8 Å². The van der Waals surface area contributed by atoms with Gasteiger partial charge in [-0.3, -0.25) is 4.57 Å². The third-order valence-electron chi connectivity index (χ3n) is 4.75. The number of hydrogen-bond donors (Lipinski definition) is 0. The van der Waals surface area contributed by atoms with E-state index in [1.807, 2.05) is 47.9 Å². The molecule has 0 aliphatic heterocycles. The van der Waals surface area contributed by atoms with Crippen LogP contribution in [-0.2, 0) is 12.4 Å². The van der Waals surface area contributed by atoms with Crippen LogP contribution in [0.5, 0.6) is 5.75 Å². The van der Waals surface area contributed by atoms with Gasteiger partial charge in [-0.05, 0) is 55.8 Å². The van der Waals surface area contributed by atoms with Gasteiger partial charge in [-0.2, -0.15) is 0 Å². The number of thioether (sulfide) groups is 1. The highest BCUT2D eigenvalue weighted by Gasteiger charge is 2.16. The standard InChI is InChI=1S/C24H21Cl2N3OS/c1-16-3-9-20(10-4-16)29-23(14-30-21-11-5-17(2)6-12-21)27-28-24(29)31-15-18-7-8-19(25)13-22(18)26/h3-13H,14-15H2,1-2H3. The van der Waals surface area contributed by atoms with Crippen molar-refractivity contribution in [3.05, 3.63) is 99.3 Å². The lowest BCUT2D eigenvalue weighted by Gasteiger charge is -2.12. The Labute approximate surface area is 196 Å². The highest BCUT2D eigenvalue weighted by Crippen LogP contribution is 2.30. The molecule has 4 aromatic rings. The van der Waals surface area contributed by atoms with E-state index >= 15 is 0 Å². The minimum atomic E-state index is 0.312. The van der Waals surface area contributed by atoms with Gasteiger partial charge in [-0.1, -0.05) is 76.4 Å². The van der Waals surface area contributed by atoms with Crippen molar-refractivity contribution in [2.24, 2.45) is 0 Å². The summed E-state index contributed by atoms with van der Waals surface area (Å²) in [5.41, 5.74) is 4.36. The van der Waals surface area contributed by atoms with Crippen molar-refractivity contribution in [2.45, 2.75) is 31.4 Å². The molecule has 31 heavy (non-hydrogen) atoms. The van der Waals surface area contributed by atoms with Gasteiger partial charge in [-0.15, -0.1) is 10.2 Å². The molecule has 0 saturated carbocycles. The minimum Gasteiger partial charge on any atom is -0.486 e. The summed E-state index contributed by atoms with van der Waals surface area (Å²) in [7, 11) is 0. The molecule has 0 atom stereocenters. The normalized spacial score (nSPS) is 11.0. The first kappa shape index (κ1) is 21.8. The molecule has 0 bridgehead atoms. The van der Waals surface area contributed by atoms with E-state index < -0.39 is 0 Å². The highest BCUT2D eigenvalue weighted by atomic mass is 35.5. The van der Waals surface area contributed by atoms with Gasteiger partial charge in [-0.25, -0.2) is 0 Å². The van der Waals surface area contributed by atoms with E-state index in [2.05, 4.69) is 41.4 Å². The largest absolute Gasteiger partial charge is 0.486 e. The van der Waals surface area contributed by atoms with Gasteiger partial charge in [0, 0.05) is 21.5 Å². The van der Waals surface area contributed by atoms with Gasteiger partial charge < -0.3 is 4.74 Å². The Hall–Kier alpha value is -2.47. The molecule has 158 valence electrons. The Morgan fingerprint density at radius 3 is 2.23 bits per heavy atom. The summed E-state index contributed by atoms with van der Waals surface area (Å²) in [4.78, 5) is 0. The molecule has 0 fully saturated rings. The van der Waals surface area contributed by atoms with Crippen LogP contribution < -0.4 is 4.74 Å². The molecule has 0 amide bonds. The maximum absolute atomic E-state index is 6.34. The zero-order chi connectivity index (χ0) is 21.8. The van der Waals surface area contributed by atoms with Crippen molar-refractivity contribution >= 4 is 35.0 Å². The number of aryl methyl sites for hydroxylation is 2. The molecule has 1 aromatic heterocycles. The fourth-order valence-corrected chi connectivity index (χ4v) is 4.53. The molecule has 0 spiro atoms. The third kappa shape index (κ3) is 5.42. The van der Waals surface area contributed by atoms with Crippen molar-refractivity contribution in [1.82, 2.24) is 14.8 Å². The van der Waals surface area contributed by atoms with E-state index in [1.54, 1.807) is 17.8 Å². The Morgan fingerprint density at radius 2 is 1.55 bits per heavy atom. The quantitative estimate of drug-likeness (QED) is 0.271. The molecule has 1 heterocycles. The van der Waals surface area contributed by atoms with Crippen molar-refractivity contribution in [1.29, 1.82) is 0 Å². The average molecular weight is 470 g/mol. The number of aromatic nitrogens is 3. The van der Waals surface area contributed by atoms with Crippen molar-refractivity contribution < 1.29 is 4.74 Å². The second kappa shape index (κ2) is 9.77. The number of hydrogen-bond acceptors (Lipinski definition) is 4. The molecule has 0 saturated heterocycles. The third-order valence-corrected chi connectivity index (χ3v) is 6.32. The molecule has 7 heteroatoms. The van der Waals surface area contributed by atoms with Gasteiger partial charge in [0.05, 0.1) is 0 Å². The minimum absolute atomic E-state index is 0.312. The number of rotatable bonds is 7. The predicted octanol–water partition coefficient (Wildman–Crippen LogP) is 7.06. The highest BCUT2D eigenvalue weighted by molar-refractivity contribution is 7.98. The SMILES string of the molecule is Cc1ccc(OCc2nnc(SCc3ccc(Cl)cc3Cl)n2-c2ccc(C)cc2)cc1.